The Hall–Kier alpha value is -1.01. The molecule has 3 nitrogen and oxygen atoms in total. The Balaban J connectivity index is 2.77. The van der Waals surface area contributed by atoms with Crippen molar-refractivity contribution in [3.63, 3.8) is 0 Å². The average Bonchev–Trinajstić information content (AvgIpc) is 2.26. The van der Waals surface area contributed by atoms with E-state index in [1.807, 2.05) is 0 Å². The summed E-state index contributed by atoms with van der Waals surface area (Å²) in [6.45, 7) is 4.64. The molecule has 1 aliphatic rings. The van der Waals surface area contributed by atoms with Crippen LogP contribution in [0.3, 0.4) is 0 Å². The van der Waals surface area contributed by atoms with E-state index >= 15 is 0 Å². The molecular formula is C13H21NO2. The van der Waals surface area contributed by atoms with E-state index in [1.54, 1.807) is 0 Å². The SMILES string of the molecule is C#CCNC1(C(=O)O)CCCC(C(C)C)C1. The molecule has 0 aromatic carbocycles. The first-order chi connectivity index (χ1) is 7.52. The lowest BCUT2D eigenvalue weighted by Gasteiger charge is -2.39. The summed E-state index contributed by atoms with van der Waals surface area (Å²) in [4.78, 5) is 11.4. The van der Waals surface area contributed by atoms with Gasteiger partial charge >= 0.3 is 5.97 Å². The fourth-order valence-corrected chi connectivity index (χ4v) is 2.54. The van der Waals surface area contributed by atoms with Crippen LogP contribution in [0.1, 0.15) is 39.5 Å². The normalized spacial score (nSPS) is 30.0. The van der Waals surface area contributed by atoms with Crippen LogP contribution >= 0.6 is 0 Å². The van der Waals surface area contributed by atoms with Gasteiger partial charge in [-0.1, -0.05) is 32.6 Å². The van der Waals surface area contributed by atoms with Crippen molar-refractivity contribution in [1.82, 2.24) is 5.32 Å². The van der Waals surface area contributed by atoms with E-state index < -0.39 is 11.5 Å². The molecule has 3 heteroatoms. The van der Waals surface area contributed by atoms with Gasteiger partial charge in [0.2, 0.25) is 0 Å². The first-order valence-electron chi connectivity index (χ1n) is 5.94. The highest BCUT2D eigenvalue weighted by atomic mass is 16.4. The molecule has 0 saturated heterocycles. The van der Waals surface area contributed by atoms with Gasteiger partial charge in [-0.15, -0.1) is 6.42 Å². The van der Waals surface area contributed by atoms with E-state index in [9.17, 15) is 9.90 Å². The van der Waals surface area contributed by atoms with Gasteiger partial charge in [0.05, 0.1) is 6.54 Å². The topological polar surface area (TPSA) is 49.3 Å². The van der Waals surface area contributed by atoms with Gasteiger partial charge < -0.3 is 5.11 Å². The van der Waals surface area contributed by atoms with Gasteiger partial charge in [-0.3, -0.25) is 10.1 Å². The van der Waals surface area contributed by atoms with Crippen LogP contribution in [0.25, 0.3) is 0 Å². The third-order valence-corrected chi connectivity index (χ3v) is 3.67. The number of carbonyl (C=O) groups is 1. The van der Waals surface area contributed by atoms with Crippen LogP contribution in [0.4, 0.5) is 0 Å². The van der Waals surface area contributed by atoms with E-state index in [0.29, 0.717) is 31.2 Å². The molecule has 16 heavy (non-hydrogen) atoms. The van der Waals surface area contributed by atoms with Crippen molar-refractivity contribution in [2.24, 2.45) is 11.8 Å². The number of nitrogens with one attached hydrogen (secondary N) is 1. The monoisotopic (exact) mass is 223 g/mol. The summed E-state index contributed by atoms with van der Waals surface area (Å²) in [7, 11) is 0. The second-order valence-electron chi connectivity index (χ2n) is 5.05. The van der Waals surface area contributed by atoms with Crippen LogP contribution in [0.5, 0.6) is 0 Å². The molecule has 0 amide bonds. The molecule has 2 unspecified atom stereocenters. The van der Waals surface area contributed by atoms with E-state index in [2.05, 4.69) is 25.1 Å². The quantitative estimate of drug-likeness (QED) is 0.715. The predicted molar refractivity (Wildman–Crippen MR) is 64.0 cm³/mol. The van der Waals surface area contributed by atoms with Gasteiger partial charge in [-0.05, 0) is 24.7 Å². The number of terminal acetylenes is 1. The Kier molecular flexibility index (Phi) is 4.37. The fraction of sp³-hybridized carbons (Fsp3) is 0.769. The summed E-state index contributed by atoms with van der Waals surface area (Å²) in [5, 5.41) is 12.4. The maximum Gasteiger partial charge on any atom is 0.323 e. The third kappa shape index (κ3) is 2.76. The van der Waals surface area contributed by atoms with Crippen LogP contribution in [-0.4, -0.2) is 23.2 Å². The van der Waals surface area contributed by atoms with E-state index in [0.717, 1.165) is 12.8 Å². The third-order valence-electron chi connectivity index (χ3n) is 3.67. The molecule has 0 bridgehead atoms. The zero-order valence-corrected chi connectivity index (χ0v) is 10.1. The van der Waals surface area contributed by atoms with Crippen LogP contribution in [0.15, 0.2) is 0 Å². The minimum Gasteiger partial charge on any atom is -0.480 e. The number of rotatable bonds is 4. The summed E-state index contributed by atoms with van der Waals surface area (Å²) < 4.78 is 0. The fourth-order valence-electron chi connectivity index (χ4n) is 2.54. The molecule has 1 rings (SSSR count). The Morgan fingerprint density at radius 2 is 2.38 bits per heavy atom. The van der Waals surface area contributed by atoms with E-state index in [4.69, 9.17) is 6.42 Å². The zero-order valence-electron chi connectivity index (χ0n) is 10.1. The average molecular weight is 223 g/mol. The number of carboxylic acid groups (broad SMARTS) is 1. The molecular weight excluding hydrogens is 202 g/mol. The first-order valence-corrected chi connectivity index (χ1v) is 5.94. The van der Waals surface area contributed by atoms with Crippen molar-refractivity contribution in [2.45, 2.75) is 45.1 Å². The highest BCUT2D eigenvalue weighted by Gasteiger charge is 2.42. The largest absolute Gasteiger partial charge is 0.480 e. The van der Waals surface area contributed by atoms with Crippen LogP contribution in [0, 0.1) is 24.2 Å². The maximum absolute atomic E-state index is 11.4. The van der Waals surface area contributed by atoms with E-state index in [-0.39, 0.29) is 0 Å². The molecule has 0 spiro atoms. The molecule has 2 atom stereocenters. The van der Waals surface area contributed by atoms with Gasteiger partial charge in [0.1, 0.15) is 5.54 Å². The highest BCUT2D eigenvalue weighted by molar-refractivity contribution is 5.79. The van der Waals surface area contributed by atoms with Crippen LogP contribution in [0.2, 0.25) is 0 Å². The van der Waals surface area contributed by atoms with E-state index in [1.165, 1.54) is 0 Å². The molecule has 0 radical (unpaired) electrons. The summed E-state index contributed by atoms with van der Waals surface area (Å²) >= 11 is 0. The Morgan fingerprint density at radius 1 is 1.69 bits per heavy atom. The minimum atomic E-state index is -0.792. The second kappa shape index (κ2) is 5.36. The molecule has 2 N–H and O–H groups in total. The van der Waals surface area contributed by atoms with Crippen molar-refractivity contribution in [3.05, 3.63) is 0 Å². The van der Waals surface area contributed by atoms with Crippen molar-refractivity contribution in [3.8, 4) is 12.3 Å². The van der Waals surface area contributed by atoms with Crippen molar-refractivity contribution < 1.29 is 9.90 Å². The lowest BCUT2D eigenvalue weighted by molar-refractivity contribution is -0.147. The molecule has 0 aromatic rings. The van der Waals surface area contributed by atoms with Crippen LogP contribution < -0.4 is 5.32 Å². The molecule has 1 fully saturated rings. The summed E-state index contributed by atoms with van der Waals surface area (Å²) in [6.07, 6.45) is 8.67. The van der Waals surface area contributed by atoms with Crippen molar-refractivity contribution in [1.29, 1.82) is 0 Å². The molecule has 0 aliphatic heterocycles. The maximum atomic E-state index is 11.4. The zero-order chi connectivity index (χ0) is 12.2. The summed E-state index contributed by atoms with van der Waals surface area (Å²) in [6, 6.07) is 0. The van der Waals surface area contributed by atoms with Crippen LogP contribution in [-0.2, 0) is 4.79 Å². The lowest BCUT2D eigenvalue weighted by atomic mass is 9.71. The molecule has 0 aromatic heterocycles. The predicted octanol–water partition coefficient (Wildman–Crippen LogP) is 1.88. The standard InChI is InChI=1S/C13H21NO2/c1-4-8-14-13(12(15)16)7-5-6-11(9-13)10(2)3/h1,10-11,14H,5-9H2,2-3H3,(H,15,16). The molecule has 1 aliphatic carbocycles. The lowest BCUT2D eigenvalue weighted by Crippen LogP contribution is -2.55. The van der Waals surface area contributed by atoms with Gasteiger partial charge in [0.15, 0.2) is 0 Å². The van der Waals surface area contributed by atoms with Gasteiger partial charge in [0.25, 0.3) is 0 Å². The number of hydrogen-bond acceptors (Lipinski definition) is 2. The Morgan fingerprint density at radius 3 is 2.88 bits per heavy atom. The van der Waals surface area contributed by atoms with Gasteiger partial charge in [0, 0.05) is 0 Å². The molecule has 1 saturated carbocycles. The van der Waals surface area contributed by atoms with Crippen molar-refractivity contribution >= 4 is 5.97 Å². The molecule has 0 heterocycles. The second-order valence-corrected chi connectivity index (χ2v) is 5.05. The summed E-state index contributed by atoms with van der Waals surface area (Å²) in [5.41, 5.74) is -0.792. The minimum absolute atomic E-state index is 0.330. The number of aliphatic carboxylic acids is 1. The number of carboxylic acids is 1. The summed E-state index contributed by atoms with van der Waals surface area (Å²) in [5.74, 6) is 2.72. The molecule has 90 valence electrons. The number of hydrogen-bond donors (Lipinski definition) is 2. The van der Waals surface area contributed by atoms with Gasteiger partial charge in [-0.25, -0.2) is 0 Å². The smallest absolute Gasteiger partial charge is 0.323 e. The first kappa shape index (κ1) is 13.1. The Labute approximate surface area is 97.6 Å². The highest BCUT2D eigenvalue weighted by Crippen LogP contribution is 2.36. The van der Waals surface area contributed by atoms with Gasteiger partial charge in [-0.2, -0.15) is 0 Å². The Bertz CT molecular complexity index is 293. The van der Waals surface area contributed by atoms with Crippen molar-refractivity contribution in [2.75, 3.05) is 6.54 Å².